The first-order valence-electron chi connectivity index (χ1n) is 3.28. The smallest absolute Gasteiger partial charge is 0.339 e. The first-order chi connectivity index (χ1) is 6.72. The molecule has 6 nitrogen and oxygen atoms in total. The number of hydrogen-bond acceptors (Lipinski definition) is 5. The van der Waals surface area contributed by atoms with Crippen LogP contribution < -0.4 is 9.74 Å². The van der Waals surface area contributed by atoms with Crippen molar-refractivity contribution in [2.75, 3.05) is 0 Å². The minimum atomic E-state index is -5.80. The second-order valence-electron chi connectivity index (χ2n) is 2.22. The van der Waals surface area contributed by atoms with E-state index in [0.717, 1.165) is 12.3 Å². The molecule has 10 heteroatoms. The third-order valence-corrected chi connectivity index (χ3v) is 2.06. The van der Waals surface area contributed by atoms with Crippen molar-refractivity contribution in [3.63, 3.8) is 0 Å². The molecule has 0 fully saturated rings. The van der Waals surface area contributed by atoms with Crippen molar-refractivity contribution in [1.29, 1.82) is 0 Å². The van der Waals surface area contributed by atoms with Crippen LogP contribution in [-0.4, -0.2) is 23.9 Å². The zero-order valence-corrected chi connectivity index (χ0v) is 7.59. The SMILES string of the molecule is O=c1ccnc(OS(=O)(=O)C(F)(F)F)[nH]1. The standard InChI is InChI=1S/C5H3F3N2O4S/c6-5(7,8)15(12,13)14-4-9-2-1-3(11)10-4/h1-2H,(H,9,10,11). The molecule has 1 N–H and O–H groups in total. The molecule has 0 unspecified atom stereocenters. The van der Waals surface area contributed by atoms with Gasteiger partial charge in [-0.1, -0.05) is 0 Å². The fraction of sp³-hybridized carbons (Fsp3) is 0.200. The van der Waals surface area contributed by atoms with Gasteiger partial charge in [-0.25, -0.2) is 4.98 Å². The maximum Gasteiger partial charge on any atom is 0.534 e. The number of nitrogens with zero attached hydrogens (tertiary/aromatic N) is 1. The lowest BCUT2D eigenvalue weighted by atomic mass is 10.7. The summed E-state index contributed by atoms with van der Waals surface area (Å²) in [6, 6.07) is -0.160. The molecule has 0 spiro atoms. The summed E-state index contributed by atoms with van der Waals surface area (Å²) in [7, 11) is -5.80. The Labute approximate surface area is 80.8 Å². The van der Waals surface area contributed by atoms with Gasteiger partial charge in [0.15, 0.2) is 0 Å². The average molecular weight is 244 g/mol. The van der Waals surface area contributed by atoms with E-state index in [1.807, 2.05) is 0 Å². The van der Waals surface area contributed by atoms with Gasteiger partial charge in [-0.05, 0) is 0 Å². The summed E-state index contributed by atoms with van der Waals surface area (Å²) >= 11 is 0. The molecule has 0 amide bonds. The lowest BCUT2D eigenvalue weighted by Gasteiger charge is -2.07. The molecule has 84 valence electrons. The van der Waals surface area contributed by atoms with Crippen LogP contribution in [0.3, 0.4) is 0 Å². The highest BCUT2D eigenvalue weighted by atomic mass is 32.2. The molecule has 0 aliphatic carbocycles. The van der Waals surface area contributed by atoms with E-state index in [0.29, 0.717) is 0 Å². The van der Waals surface area contributed by atoms with Crippen LogP contribution in [0.1, 0.15) is 0 Å². The first-order valence-corrected chi connectivity index (χ1v) is 4.69. The zero-order chi connectivity index (χ0) is 11.7. The Morgan fingerprint density at radius 3 is 2.47 bits per heavy atom. The summed E-state index contributed by atoms with van der Waals surface area (Å²) in [5.41, 5.74) is -6.40. The van der Waals surface area contributed by atoms with Crippen molar-refractivity contribution in [2.24, 2.45) is 0 Å². The van der Waals surface area contributed by atoms with E-state index >= 15 is 0 Å². The summed E-state index contributed by atoms with van der Waals surface area (Å²) in [6.07, 6.45) is 0.806. The average Bonchev–Trinajstić information content (AvgIpc) is 2.00. The Bertz CT molecular complexity index is 505. The van der Waals surface area contributed by atoms with Gasteiger partial charge in [-0.2, -0.15) is 21.6 Å². The van der Waals surface area contributed by atoms with E-state index in [-0.39, 0.29) is 0 Å². The van der Waals surface area contributed by atoms with Crippen molar-refractivity contribution < 1.29 is 25.8 Å². The molecule has 0 saturated carbocycles. The topological polar surface area (TPSA) is 89.1 Å². The number of H-pyrrole nitrogens is 1. The summed E-state index contributed by atoms with van der Waals surface area (Å²) in [5.74, 6) is 0. The van der Waals surface area contributed by atoms with Crippen molar-refractivity contribution in [1.82, 2.24) is 9.97 Å². The van der Waals surface area contributed by atoms with Gasteiger partial charge in [0.25, 0.3) is 5.56 Å². The molecule has 0 aliphatic rings. The minimum Gasteiger partial charge on any atom is -0.339 e. The van der Waals surface area contributed by atoms with Crippen LogP contribution in [-0.2, 0) is 10.1 Å². The lowest BCUT2D eigenvalue weighted by molar-refractivity contribution is -0.0502. The van der Waals surface area contributed by atoms with Gasteiger partial charge in [0.05, 0.1) is 0 Å². The quantitative estimate of drug-likeness (QED) is 0.584. The monoisotopic (exact) mass is 244 g/mol. The summed E-state index contributed by atoms with van der Waals surface area (Å²) in [4.78, 5) is 15.3. The van der Waals surface area contributed by atoms with Gasteiger partial charge in [0.2, 0.25) is 0 Å². The summed E-state index contributed by atoms with van der Waals surface area (Å²) in [6.45, 7) is 0. The molecule has 15 heavy (non-hydrogen) atoms. The zero-order valence-electron chi connectivity index (χ0n) is 6.78. The van der Waals surface area contributed by atoms with Crippen molar-refractivity contribution in [2.45, 2.75) is 5.51 Å². The van der Waals surface area contributed by atoms with Gasteiger partial charge >= 0.3 is 21.6 Å². The van der Waals surface area contributed by atoms with E-state index in [1.165, 1.54) is 0 Å². The van der Waals surface area contributed by atoms with Crippen LogP contribution in [0.5, 0.6) is 6.01 Å². The minimum absolute atomic E-state index is 0.806. The van der Waals surface area contributed by atoms with Gasteiger partial charge in [-0.3, -0.25) is 9.78 Å². The number of hydrogen-bond donors (Lipinski definition) is 1. The molecule has 0 aromatic carbocycles. The van der Waals surface area contributed by atoms with Crippen LogP contribution in [0.2, 0.25) is 0 Å². The summed E-state index contributed by atoms with van der Waals surface area (Å²) in [5, 5.41) is 0. The molecule has 0 bridgehead atoms. The van der Waals surface area contributed by atoms with E-state index in [4.69, 9.17) is 0 Å². The van der Waals surface area contributed by atoms with Crippen molar-refractivity contribution in [3.8, 4) is 6.01 Å². The van der Waals surface area contributed by atoms with Gasteiger partial charge in [0, 0.05) is 12.3 Å². The fourth-order valence-electron chi connectivity index (χ4n) is 0.546. The molecule has 0 saturated heterocycles. The second kappa shape index (κ2) is 3.53. The van der Waals surface area contributed by atoms with Crippen LogP contribution in [0, 0.1) is 0 Å². The predicted molar refractivity (Wildman–Crippen MR) is 40.5 cm³/mol. The maximum atomic E-state index is 11.8. The number of alkyl halides is 3. The lowest BCUT2D eigenvalue weighted by Crippen LogP contribution is -2.29. The van der Waals surface area contributed by atoms with E-state index in [9.17, 15) is 26.4 Å². The molecule has 0 aliphatic heterocycles. The molecule has 1 aromatic rings. The van der Waals surface area contributed by atoms with Gasteiger partial charge < -0.3 is 4.18 Å². The van der Waals surface area contributed by atoms with Crippen LogP contribution in [0.15, 0.2) is 17.1 Å². The predicted octanol–water partition coefficient (Wildman–Crippen LogP) is -0.00170. The Hall–Kier alpha value is -1.58. The Morgan fingerprint density at radius 1 is 1.40 bits per heavy atom. The number of aromatic amines is 1. The number of rotatable bonds is 2. The molecule has 1 rings (SSSR count). The van der Waals surface area contributed by atoms with Crippen LogP contribution >= 0.6 is 0 Å². The highest BCUT2D eigenvalue weighted by Crippen LogP contribution is 2.24. The van der Waals surface area contributed by atoms with E-state index in [2.05, 4.69) is 9.17 Å². The van der Waals surface area contributed by atoms with Crippen LogP contribution in [0.25, 0.3) is 0 Å². The molecule has 0 atom stereocenters. The van der Waals surface area contributed by atoms with Crippen molar-refractivity contribution >= 4 is 10.1 Å². The third-order valence-electron chi connectivity index (χ3n) is 1.12. The molecule has 1 aromatic heterocycles. The highest BCUT2D eigenvalue weighted by molar-refractivity contribution is 7.87. The normalized spacial score (nSPS) is 12.5. The summed E-state index contributed by atoms with van der Waals surface area (Å²) < 4.78 is 59.7. The van der Waals surface area contributed by atoms with E-state index < -0.39 is 27.2 Å². The molecule has 1 heterocycles. The van der Waals surface area contributed by atoms with Gasteiger partial charge in [-0.15, -0.1) is 0 Å². The Morgan fingerprint density at radius 2 is 2.00 bits per heavy atom. The first kappa shape index (κ1) is 11.5. The Kier molecular flexibility index (Phi) is 2.71. The molecular formula is C5H3F3N2O4S. The largest absolute Gasteiger partial charge is 0.534 e. The second-order valence-corrected chi connectivity index (χ2v) is 3.76. The number of halogens is 3. The molecule has 0 radical (unpaired) electrons. The third kappa shape index (κ3) is 2.68. The fourth-order valence-corrected chi connectivity index (χ4v) is 0.933. The Balaban J connectivity index is 3.03. The van der Waals surface area contributed by atoms with Gasteiger partial charge in [0.1, 0.15) is 0 Å². The van der Waals surface area contributed by atoms with Crippen LogP contribution in [0.4, 0.5) is 13.2 Å². The van der Waals surface area contributed by atoms with Crippen molar-refractivity contribution in [3.05, 3.63) is 22.6 Å². The molecular weight excluding hydrogens is 241 g/mol. The number of nitrogens with one attached hydrogen (secondary N) is 1. The number of aromatic nitrogens is 2. The maximum absolute atomic E-state index is 11.8. The van der Waals surface area contributed by atoms with E-state index in [1.54, 1.807) is 4.98 Å². The highest BCUT2D eigenvalue weighted by Gasteiger charge is 2.49.